The van der Waals surface area contributed by atoms with E-state index in [1.54, 1.807) is 0 Å². The van der Waals surface area contributed by atoms with Gasteiger partial charge < -0.3 is 5.32 Å². The van der Waals surface area contributed by atoms with Crippen LogP contribution in [0.2, 0.25) is 0 Å². The van der Waals surface area contributed by atoms with Gasteiger partial charge in [0.05, 0.1) is 5.41 Å². The van der Waals surface area contributed by atoms with Crippen molar-refractivity contribution in [1.82, 2.24) is 10.2 Å². The van der Waals surface area contributed by atoms with E-state index in [4.69, 9.17) is 0 Å². The highest BCUT2D eigenvalue weighted by atomic mass is 16.2. The molecule has 1 amide bonds. The van der Waals surface area contributed by atoms with E-state index in [1.165, 1.54) is 5.56 Å². The third kappa shape index (κ3) is 3.54. The molecule has 4 aromatic carbocycles. The summed E-state index contributed by atoms with van der Waals surface area (Å²) in [7, 11) is 0. The van der Waals surface area contributed by atoms with E-state index in [2.05, 4.69) is 64.1 Å². The lowest BCUT2D eigenvalue weighted by Gasteiger charge is -2.49. The second kappa shape index (κ2) is 9.30. The van der Waals surface area contributed by atoms with Gasteiger partial charge in [0.2, 0.25) is 0 Å². The molecular formula is C34H31N3O2. The number of carbonyl (C=O) groups excluding carboxylic acids is 2. The lowest BCUT2D eigenvalue weighted by molar-refractivity contribution is -0.146. The number of ketones is 1. The molecule has 194 valence electrons. The molecule has 5 nitrogen and oxygen atoms in total. The Balaban J connectivity index is 1.48. The second-order valence-electron chi connectivity index (χ2n) is 11.0. The minimum absolute atomic E-state index is 0.141. The number of para-hydroxylation sites is 1. The quantitative estimate of drug-likeness (QED) is 0.382. The lowest BCUT2D eigenvalue weighted by Crippen LogP contribution is -2.64. The van der Waals surface area contributed by atoms with E-state index >= 15 is 0 Å². The molecule has 2 saturated heterocycles. The molecule has 0 radical (unpaired) electrons. The SMILES string of the molecule is O=C1CCN(Cc2ccccc2)C[C@@]12[C@H](c1ccccc1)[C@@H](c1ccccc1)N[C@]21C(=O)Nc2ccccc21. The molecule has 0 unspecified atom stereocenters. The van der Waals surface area contributed by atoms with Crippen LogP contribution in [0.5, 0.6) is 0 Å². The lowest BCUT2D eigenvalue weighted by atomic mass is 9.56. The van der Waals surface area contributed by atoms with Gasteiger partial charge in [-0.3, -0.25) is 19.8 Å². The maximum absolute atomic E-state index is 14.6. The number of Topliss-reactive ketones (excluding diaryl/α,β-unsaturated/α-hetero) is 1. The fraction of sp³-hybridized carbons (Fsp3) is 0.235. The van der Waals surface area contributed by atoms with Crippen LogP contribution >= 0.6 is 0 Å². The van der Waals surface area contributed by atoms with Crippen molar-refractivity contribution in [3.63, 3.8) is 0 Å². The summed E-state index contributed by atoms with van der Waals surface area (Å²) in [4.78, 5) is 31.4. The minimum Gasteiger partial charge on any atom is -0.324 e. The number of amides is 1. The average Bonchev–Trinajstić information content (AvgIpc) is 3.45. The zero-order valence-electron chi connectivity index (χ0n) is 21.7. The minimum atomic E-state index is -1.20. The van der Waals surface area contributed by atoms with Gasteiger partial charge in [-0.2, -0.15) is 0 Å². The van der Waals surface area contributed by atoms with Gasteiger partial charge in [-0.05, 0) is 22.8 Å². The molecule has 3 aliphatic rings. The molecule has 4 atom stereocenters. The molecule has 2 N–H and O–H groups in total. The predicted octanol–water partition coefficient (Wildman–Crippen LogP) is 5.42. The first-order valence-corrected chi connectivity index (χ1v) is 13.7. The van der Waals surface area contributed by atoms with Crippen LogP contribution in [0.15, 0.2) is 115 Å². The summed E-state index contributed by atoms with van der Waals surface area (Å²) >= 11 is 0. The first-order chi connectivity index (χ1) is 19.1. The van der Waals surface area contributed by atoms with Crippen molar-refractivity contribution in [2.75, 3.05) is 18.4 Å². The summed E-state index contributed by atoms with van der Waals surface area (Å²) in [6, 6.07) is 38.6. The summed E-state index contributed by atoms with van der Waals surface area (Å²) in [6.45, 7) is 1.89. The van der Waals surface area contributed by atoms with Crippen LogP contribution in [0.25, 0.3) is 0 Å². The number of anilines is 1. The van der Waals surface area contributed by atoms with E-state index in [9.17, 15) is 9.59 Å². The summed E-state index contributed by atoms with van der Waals surface area (Å²) in [6.07, 6.45) is 0.399. The number of likely N-dealkylation sites (tertiary alicyclic amines) is 1. The van der Waals surface area contributed by atoms with Crippen molar-refractivity contribution < 1.29 is 9.59 Å². The van der Waals surface area contributed by atoms with E-state index in [0.29, 0.717) is 19.5 Å². The van der Waals surface area contributed by atoms with E-state index in [-0.39, 0.29) is 23.7 Å². The van der Waals surface area contributed by atoms with Crippen LogP contribution in [0.1, 0.15) is 40.6 Å². The van der Waals surface area contributed by atoms with Gasteiger partial charge in [0.25, 0.3) is 5.91 Å². The fourth-order valence-electron chi connectivity index (χ4n) is 7.46. The molecule has 2 fully saturated rings. The average molecular weight is 514 g/mol. The van der Waals surface area contributed by atoms with Gasteiger partial charge in [-0.15, -0.1) is 0 Å². The first kappa shape index (κ1) is 24.0. The molecule has 3 aliphatic heterocycles. The Labute approximate surface area is 228 Å². The Morgan fingerprint density at radius 3 is 2.08 bits per heavy atom. The van der Waals surface area contributed by atoms with Gasteiger partial charge in [0.15, 0.2) is 0 Å². The van der Waals surface area contributed by atoms with Crippen LogP contribution in [0.4, 0.5) is 5.69 Å². The number of benzene rings is 4. The molecule has 0 aliphatic carbocycles. The Bertz CT molecular complexity index is 1520. The zero-order chi connectivity index (χ0) is 26.5. The van der Waals surface area contributed by atoms with Crippen LogP contribution in [-0.4, -0.2) is 29.7 Å². The summed E-state index contributed by atoms with van der Waals surface area (Å²) in [5.74, 6) is -0.236. The summed E-state index contributed by atoms with van der Waals surface area (Å²) < 4.78 is 0. The monoisotopic (exact) mass is 513 g/mol. The number of carbonyl (C=O) groups is 2. The maximum atomic E-state index is 14.6. The zero-order valence-corrected chi connectivity index (χ0v) is 21.7. The van der Waals surface area contributed by atoms with Gasteiger partial charge in [-0.25, -0.2) is 0 Å². The Morgan fingerprint density at radius 2 is 1.36 bits per heavy atom. The van der Waals surface area contributed by atoms with Crippen molar-refractivity contribution in [1.29, 1.82) is 0 Å². The molecule has 3 heterocycles. The summed E-state index contributed by atoms with van der Waals surface area (Å²) in [5.41, 5.74) is 2.78. The fourth-order valence-corrected chi connectivity index (χ4v) is 7.46. The Kier molecular flexibility index (Phi) is 5.72. The van der Waals surface area contributed by atoms with Crippen molar-refractivity contribution in [3.8, 4) is 0 Å². The third-order valence-corrected chi connectivity index (χ3v) is 9.02. The molecular weight excluding hydrogens is 482 g/mol. The van der Waals surface area contributed by atoms with Gasteiger partial charge in [-0.1, -0.05) is 109 Å². The first-order valence-electron chi connectivity index (χ1n) is 13.7. The van der Waals surface area contributed by atoms with Gasteiger partial charge in [0, 0.05) is 49.3 Å². The molecule has 0 aromatic heterocycles. The second-order valence-corrected chi connectivity index (χ2v) is 11.0. The maximum Gasteiger partial charge on any atom is 0.250 e. The normalized spacial score (nSPS) is 28.1. The van der Waals surface area contributed by atoms with Crippen LogP contribution < -0.4 is 10.6 Å². The highest BCUT2D eigenvalue weighted by Gasteiger charge is 2.74. The molecule has 2 spiro atoms. The Hall–Kier alpha value is -4.06. The van der Waals surface area contributed by atoms with E-state index in [1.807, 2.05) is 66.7 Å². The molecule has 0 saturated carbocycles. The van der Waals surface area contributed by atoms with Crippen molar-refractivity contribution in [3.05, 3.63) is 138 Å². The van der Waals surface area contributed by atoms with Gasteiger partial charge in [0.1, 0.15) is 11.3 Å². The molecule has 0 bridgehead atoms. The number of piperidine rings is 1. The largest absolute Gasteiger partial charge is 0.324 e. The number of hydrogen-bond acceptors (Lipinski definition) is 4. The molecule has 7 rings (SSSR count). The summed E-state index contributed by atoms with van der Waals surface area (Å²) in [5, 5.41) is 7.01. The standard InChI is InChI=1S/C34H31N3O2/c38-29-20-21-37(22-24-12-4-1-5-13-24)23-33(29)30(25-14-6-2-7-15-25)31(26-16-8-3-9-17-26)36-34(33)27-18-10-11-19-28(27)35-32(34)39/h1-19,30-31,36H,20-23H2,(H,35,39)/t30-,31-,33+,34-/m1/s1. The molecule has 4 aromatic rings. The third-order valence-electron chi connectivity index (χ3n) is 9.02. The van der Waals surface area contributed by atoms with Crippen molar-refractivity contribution >= 4 is 17.4 Å². The van der Waals surface area contributed by atoms with Gasteiger partial charge >= 0.3 is 0 Å². The number of hydrogen-bond donors (Lipinski definition) is 2. The van der Waals surface area contributed by atoms with E-state index in [0.717, 1.165) is 28.9 Å². The highest BCUT2D eigenvalue weighted by Crippen LogP contribution is 2.65. The smallest absolute Gasteiger partial charge is 0.250 e. The number of rotatable bonds is 4. The predicted molar refractivity (Wildman–Crippen MR) is 152 cm³/mol. The van der Waals surface area contributed by atoms with Crippen LogP contribution in [0.3, 0.4) is 0 Å². The van der Waals surface area contributed by atoms with Crippen LogP contribution in [0, 0.1) is 5.41 Å². The number of nitrogens with zero attached hydrogens (tertiary/aromatic N) is 1. The Morgan fingerprint density at radius 1 is 0.744 bits per heavy atom. The van der Waals surface area contributed by atoms with E-state index < -0.39 is 11.0 Å². The topological polar surface area (TPSA) is 61.4 Å². The highest BCUT2D eigenvalue weighted by molar-refractivity contribution is 6.11. The molecule has 39 heavy (non-hydrogen) atoms. The number of fused-ring (bicyclic) bond motifs is 3. The molecule has 5 heteroatoms. The van der Waals surface area contributed by atoms with Crippen LogP contribution in [-0.2, 0) is 21.7 Å². The number of nitrogens with one attached hydrogen (secondary N) is 2. The van der Waals surface area contributed by atoms with Crippen molar-refractivity contribution in [2.24, 2.45) is 5.41 Å². The van der Waals surface area contributed by atoms with Crippen molar-refractivity contribution in [2.45, 2.75) is 30.5 Å².